The number of nitrogens with one attached hydrogen (secondary N) is 1. The Hall–Kier alpha value is -3.92. The Labute approximate surface area is 184 Å². The Morgan fingerprint density at radius 2 is 2.09 bits per heavy atom. The van der Waals surface area contributed by atoms with Gasteiger partial charge < -0.3 is 21.3 Å². The minimum Gasteiger partial charge on any atom is -0.396 e. The van der Waals surface area contributed by atoms with E-state index < -0.39 is 5.54 Å². The molecule has 2 heterocycles. The number of allylic oxidation sites excluding steroid dienone is 1. The normalized spacial score (nSPS) is 14.1. The second-order valence-corrected chi connectivity index (χ2v) is 7.27. The number of halogens is 1. The summed E-state index contributed by atoms with van der Waals surface area (Å²) in [6.45, 7) is 3.52. The van der Waals surface area contributed by atoms with Crippen molar-refractivity contribution in [3.05, 3.63) is 77.8 Å². The highest BCUT2D eigenvalue weighted by Gasteiger charge is 2.26. The van der Waals surface area contributed by atoms with Gasteiger partial charge in [-0.2, -0.15) is 0 Å². The molecule has 1 atom stereocenters. The van der Waals surface area contributed by atoms with Crippen LogP contribution in [-0.2, 0) is 11.3 Å². The maximum Gasteiger partial charge on any atom is 0.245 e. The van der Waals surface area contributed by atoms with Gasteiger partial charge in [0.05, 0.1) is 23.5 Å². The van der Waals surface area contributed by atoms with E-state index in [-0.39, 0.29) is 35.6 Å². The van der Waals surface area contributed by atoms with Crippen molar-refractivity contribution in [2.75, 3.05) is 5.32 Å². The van der Waals surface area contributed by atoms with Crippen LogP contribution in [-0.4, -0.2) is 32.3 Å². The monoisotopic (exact) mass is 437 g/mol. The number of aliphatic imine (C=N–C) groups is 1. The molecule has 1 aromatic carbocycles. The molecule has 9 nitrogen and oxygen atoms in total. The number of aromatic nitrogens is 3. The highest BCUT2D eigenvalue weighted by atomic mass is 19.1. The van der Waals surface area contributed by atoms with Crippen molar-refractivity contribution in [1.29, 1.82) is 0 Å². The summed E-state index contributed by atoms with van der Waals surface area (Å²) in [5, 5.41) is 6.55. The van der Waals surface area contributed by atoms with Crippen molar-refractivity contribution < 1.29 is 13.7 Å². The zero-order chi connectivity index (χ0) is 23.1. The lowest BCUT2D eigenvalue weighted by Gasteiger charge is -2.21. The third kappa shape index (κ3) is 5.61. The predicted molar refractivity (Wildman–Crippen MR) is 119 cm³/mol. The zero-order valence-electron chi connectivity index (χ0n) is 17.7. The van der Waals surface area contributed by atoms with E-state index in [0.29, 0.717) is 23.4 Å². The lowest BCUT2D eigenvalue weighted by molar-refractivity contribution is -0.120. The maximum absolute atomic E-state index is 14.0. The first kappa shape index (κ1) is 22.8. The molecule has 166 valence electrons. The van der Waals surface area contributed by atoms with Crippen molar-refractivity contribution in [1.82, 2.24) is 15.1 Å². The van der Waals surface area contributed by atoms with Gasteiger partial charge in [-0.25, -0.2) is 14.4 Å². The lowest BCUT2D eigenvalue weighted by atomic mass is 10.00. The highest BCUT2D eigenvalue weighted by Crippen LogP contribution is 2.14. The first-order valence-corrected chi connectivity index (χ1v) is 9.89. The van der Waals surface area contributed by atoms with E-state index in [2.05, 4.69) is 25.4 Å². The Balaban J connectivity index is 1.88. The zero-order valence-corrected chi connectivity index (χ0v) is 17.7. The topological polar surface area (TPSA) is 145 Å². The van der Waals surface area contributed by atoms with Crippen LogP contribution in [0.1, 0.15) is 37.4 Å². The summed E-state index contributed by atoms with van der Waals surface area (Å²) in [6, 6.07) is 9.48. The van der Waals surface area contributed by atoms with Gasteiger partial charge in [0.2, 0.25) is 5.91 Å². The summed E-state index contributed by atoms with van der Waals surface area (Å²) in [5.74, 6) is -0.312. The van der Waals surface area contributed by atoms with E-state index in [4.69, 9.17) is 16.0 Å². The van der Waals surface area contributed by atoms with Gasteiger partial charge in [-0.15, -0.1) is 0 Å². The summed E-state index contributed by atoms with van der Waals surface area (Å²) in [4.78, 5) is 25.2. The van der Waals surface area contributed by atoms with Gasteiger partial charge in [0, 0.05) is 17.8 Å². The third-order valence-electron chi connectivity index (χ3n) is 4.78. The molecule has 2 aromatic heterocycles. The van der Waals surface area contributed by atoms with Crippen LogP contribution in [0.15, 0.2) is 64.4 Å². The van der Waals surface area contributed by atoms with Crippen LogP contribution in [0.4, 0.5) is 10.2 Å². The number of anilines is 1. The number of nitrogens with zero attached hydrogens (tertiary/aromatic N) is 4. The van der Waals surface area contributed by atoms with Crippen LogP contribution in [0.25, 0.3) is 5.70 Å². The van der Waals surface area contributed by atoms with Crippen LogP contribution in [0, 0.1) is 5.82 Å². The second kappa shape index (κ2) is 9.92. The van der Waals surface area contributed by atoms with Crippen molar-refractivity contribution in [3.63, 3.8) is 0 Å². The molecule has 0 aliphatic carbocycles. The van der Waals surface area contributed by atoms with E-state index in [0.717, 1.165) is 0 Å². The molecule has 0 radical (unpaired) electrons. The molecule has 0 aliphatic heterocycles. The number of rotatable bonds is 8. The fourth-order valence-corrected chi connectivity index (χ4v) is 2.54. The Bertz CT molecular complexity index is 1140. The van der Waals surface area contributed by atoms with Gasteiger partial charge in [0.15, 0.2) is 5.82 Å². The summed E-state index contributed by atoms with van der Waals surface area (Å²) in [7, 11) is 0. The van der Waals surface area contributed by atoms with Crippen LogP contribution in [0.3, 0.4) is 0 Å². The van der Waals surface area contributed by atoms with Gasteiger partial charge in [0.1, 0.15) is 23.6 Å². The van der Waals surface area contributed by atoms with Gasteiger partial charge in [-0.1, -0.05) is 30.3 Å². The van der Waals surface area contributed by atoms with Gasteiger partial charge in [0.25, 0.3) is 0 Å². The predicted octanol–water partition coefficient (Wildman–Crippen LogP) is 2.66. The van der Waals surface area contributed by atoms with Crippen LogP contribution in [0.5, 0.6) is 0 Å². The number of carbonyl (C=O) groups is 1. The van der Waals surface area contributed by atoms with E-state index >= 15 is 0 Å². The van der Waals surface area contributed by atoms with Gasteiger partial charge in [-0.05, 0) is 31.6 Å². The van der Waals surface area contributed by atoms with Crippen LogP contribution < -0.4 is 16.8 Å². The average Bonchev–Trinajstić information content (AvgIpc) is 3.32. The molecule has 10 heteroatoms. The van der Waals surface area contributed by atoms with Crippen LogP contribution in [0.2, 0.25) is 0 Å². The molecule has 0 bridgehead atoms. The molecular weight excluding hydrogens is 413 g/mol. The standard InChI is InChI=1S/C22H24FN7O2/c1-3-22(2,25)21(31)29-19-8-10-26-20(28-19)16(24)12-18(17-9-11-32-30-17)27-13-14-6-4-5-7-15(14)23/h4-12H,3,13,24-25H2,1-2H3,(H,26,28,29,31). The summed E-state index contributed by atoms with van der Waals surface area (Å²) >= 11 is 0. The maximum atomic E-state index is 14.0. The fourth-order valence-electron chi connectivity index (χ4n) is 2.54. The molecular formula is C22H24FN7O2. The van der Waals surface area contributed by atoms with Gasteiger partial charge >= 0.3 is 0 Å². The molecule has 3 aromatic rings. The van der Waals surface area contributed by atoms with E-state index in [9.17, 15) is 9.18 Å². The number of benzene rings is 1. The van der Waals surface area contributed by atoms with Crippen molar-refractivity contribution in [2.45, 2.75) is 32.4 Å². The molecule has 0 saturated heterocycles. The Kier molecular flexibility index (Phi) is 7.06. The van der Waals surface area contributed by atoms with Crippen molar-refractivity contribution >= 4 is 23.1 Å². The summed E-state index contributed by atoms with van der Waals surface area (Å²) < 4.78 is 18.9. The van der Waals surface area contributed by atoms with E-state index in [1.807, 2.05) is 6.92 Å². The highest BCUT2D eigenvalue weighted by molar-refractivity contribution is 6.10. The van der Waals surface area contributed by atoms with Crippen LogP contribution >= 0.6 is 0 Å². The third-order valence-corrected chi connectivity index (χ3v) is 4.78. The van der Waals surface area contributed by atoms with Crippen molar-refractivity contribution in [2.24, 2.45) is 16.5 Å². The summed E-state index contributed by atoms with van der Waals surface area (Å²) in [5.41, 5.74) is 12.5. The SMILES string of the molecule is CCC(C)(N)C(=O)Nc1ccnc(C(N)=CC(=NCc2ccccc2F)c2ccon2)n1. The molecule has 0 spiro atoms. The minimum atomic E-state index is -1.04. The molecule has 3 rings (SSSR count). The first-order valence-electron chi connectivity index (χ1n) is 9.89. The smallest absolute Gasteiger partial charge is 0.245 e. The second-order valence-electron chi connectivity index (χ2n) is 7.27. The molecule has 1 amide bonds. The largest absolute Gasteiger partial charge is 0.396 e. The quantitative estimate of drug-likeness (QED) is 0.459. The molecule has 0 saturated carbocycles. The molecule has 0 fully saturated rings. The minimum absolute atomic E-state index is 0.0711. The molecule has 32 heavy (non-hydrogen) atoms. The van der Waals surface area contributed by atoms with Gasteiger partial charge in [-0.3, -0.25) is 9.79 Å². The number of hydrogen-bond acceptors (Lipinski definition) is 8. The molecule has 5 N–H and O–H groups in total. The molecule has 0 aliphatic rings. The first-order chi connectivity index (χ1) is 15.3. The summed E-state index contributed by atoms with van der Waals surface area (Å²) in [6.07, 6.45) is 4.82. The lowest BCUT2D eigenvalue weighted by Crippen LogP contribution is -2.47. The van der Waals surface area contributed by atoms with Crippen molar-refractivity contribution in [3.8, 4) is 0 Å². The van der Waals surface area contributed by atoms with E-state index in [1.54, 1.807) is 31.2 Å². The molecule has 1 unspecified atom stereocenters. The number of carbonyl (C=O) groups excluding carboxylic acids is 1. The number of amides is 1. The number of hydrogen-bond donors (Lipinski definition) is 3. The Morgan fingerprint density at radius 1 is 1.31 bits per heavy atom. The Morgan fingerprint density at radius 3 is 2.78 bits per heavy atom. The van der Waals surface area contributed by atoms with E-state index in [1.165, 1.54) is 30.7 Å². The number of nitrogens with two attached hydrogens (primary N) is 2. The fraction of sp³-hybridized carbons (Fsp3) is 0.227. The average molecular weight is 437 g/mol.